The molecule has 16 heavy (non-hydrogen) atoms. The molecule has 1 aromatic heterocycles. The van der Waals surface area contributed by atoms with Crippen LogP contribution in [0, 0.1) is 11.3 Å². The summed E-state index contributed by atoms with van der Waals surface area (Å²) in [7, 11) is 0. The summed E-state index contributed by atoms with van der Waals surface area (Å²) in [4.78, 5) is 13.9. The highest BCUT2D eigenvalue weighted by Crippen LogP contribution is 2.28. The molecule has 0 atom stereocenters. The molecule has 0 unspecified atom stereocenters. The highest BCUT2D eigenvalue weighted by atomic mass is 19.4. The van der Waals surface area contributed by atoms with Crippen LogP contribution in [0.2, 0.25) is 0 Å². The first-order valence-electron chi connectivity index (χ1n) is 3.73. The zero-order valence-electron chi connectivity index (χ0n) is 7.45. The van der Waals surface area contributed by atoms with Crippen LogP contribution in [0.25, 0.3) is 0 Å². The molecule has 1 heterocycles. The molecule has 0 aliphatic rings. The Morgan fingerprint density at radius 2 is 2.19 bits per heavy atom. The molecule has 0 aliphatic heterocycles. The van der Waals surface area contributed by atoms with Crippen molar-refractivity contribution in [3.63, 3.8) is 0 Å². The van der Waals surface area contributed by atoms with Crippen molar-refractivity contribution in [2.24, 2.45) is 0 Å². The van der Waals surface area contributed by atoms with Gasteiger partial charge in [0.05, 0.1) is 0 Å². The monoisotopic (exact) mass is 232 g/mol. The largest absolute Gasteiger partial charge is 0.573 e. The van der Waals surface area contributed by atoms with Crippen LogP contribution in [0.15, 0.2) is 12.3 Å². The Bertz CT molecular complexity index is 465. The Hall–Kier alpha value is -2.30. The number of carboxylic acid groups (broad SMARTS) is 1. The molecular formula is C8H3F3N2O3. The number of carboxylic acids is 1. The van der Waals surface area contributed by atoms with Crippen molar-refractivity contribution in [3.05, 3.63) is 23.5 Å². The van der Waals surface area contributed by atoms with Crippen molar-refractivity contribution < 1.29 is 27.8 Å². The van der Waals surface area contributed by atoms with E-state index in [9.17, 15) is 18.0 Å². The number of ether oxygens (including phenoxy) is 1. The number of halogens is 3. The SMILES string of the molecule is N#Cc1nccc(C(=O)O)c1OC(F)(F)F. The molecule has 0 radical (unpaired) electrons. The molecule has 1 N–H and O–H groups in total. The van der Waals surface area contributed by atoms with E-state index in [-0.39, 0.29) is 0 Å². The van der Waals surface area contributed by atoms with E-state index < -0.39 is 29.3 Å². The smallest absolute Gasteiger partial charge is 0.478 e. The normalized spacial score (nSPS) is 10.6. The summed E-state index contributed by atoms with van der Waals surface area (Å²) in [6.45, 7) is 0. The van der Waals surface area contributed by atoms with E-state index in [0.29, 0.717) is 0 Å². The predicted octanol–water partition coefficient (Wildman–Crippen LogP) is 1.55. The molecule has 0 bridgehead atoms. The molecule has 0 fully saturated rings. The van der Waals surface area contributed by atoms with Gasteiger partial charge in [0.1, 0.15) is 11.6 Å². The lowest BCUT2D eigenvalue weighted by molar-refractivity contribution is -0.274. The number of rotatable bonds is 2. The van der Waals surface area contributed by atoms with Crippen LogP contribution in [0.4, 0.5) is 13.2 Å². The van der Waals surface area contributed by atoms with Crippen LogP contribution in [0.1, 0.15) is 16.1 Å². The van der Waals surface area contributed by atoms with Gasteiger partial charge in [-0.1, -0.05) is 0 Å². The van der Waals surface area contributed by atoms with Gasteiger partial charge in [0.25, 0.3) is 0 Å². The Balaban J connectivity index is 3.32. The van der Waals surface area contributed by atoms with Crippen LogP contribution in [0.3, 0.4) is 0 Å². The number of aromatic nitrogens is 1. The number of nitrogens with zero attached hydrogens (tertiary/aromatic N) is 2. The third-order valence-corrected chi connectivity index (χ3v) is 1.46. The first kappa shape index (κ1) is 11.8. The van der Waals surface area contributed by atoms with Gasteiger partial charge in [-0.25, -0.2) is 9.78 Å². The van der Waals surface area contributed by atoms with E-state index in [1.807, 2.05) is 0 Å². The van der Waals surface area contributed by atoms with Gasteiger partial charge in [-0.2, -0.15) is 5.26 Å². The molecule has 8 heteroatoms. The number of carbonyl (C=O) groups is 1. The number of hydrogen-bond acceptors (Lipinski definition) is 4. The zero-order chi connectivity index (χ0) is 12.3. The van der Waals surface area contributed by atoms with Gasteiger partial charge >= 0.3 is 12.3 Å². The Morgan fingerprint density at radius 3 is 2.62 bits per heavy atom. The second-order valence-corrected chi connectivity index (χ2v) is 2.50. The number of hydrogen-bond donors (Lipinski definition) is 1. The van der Waals surface area contributed by atoms with Gasteiger partial charge in [0.15, 0.2) is 11.4 Å². The molecule has 0 aromatic carbocycles. The number of nitriles is 1. The summed E-state index contributed by atoms with van der Waals surface area (Å²) in [5.74, 6) is -2.75. The average Bonchev–Trinajstić information content (AvgIpc) is 2.15. The van der Waals surface area contributed by atoms with Gasteiger partial charge in [-0.05, 0) is 6.07 Å². The minimum atomic E-state index is -5.08. The van der Waals surface area contributed by atoms with Gasteiger partial charge < -0.3 is 9.84 Å². The highest BCUT2D eigenvalue weighted by molar-refractivity contribution is 5.91. The molecule has 0 amide bonds. The van der Waals surface area contributed by atoms with E-state index in [2.05, 4.69) is 9.72 Å². The zero-order valence-corrected chi connectivity index (χ0v) is 7.45. The fourth-order valence-electron chi connectivity index (χ4n) is 0.915. The minimum Gasteiger partial charge on any atom is -0.478 e. The van der Waals surface area contributed by atoms with E-state index in [1.165, 1.54) is 6.07 Å². The lowest BCUT2D eigenvalue weighted by Gasteiger charge is -2.11. The second kappa shape index (κ2) is 4.06. The molecule has 0 aliphatic carbocycles. The summed E-state index contributed by atoms with van der Waals surface area (Å²) in [5, 5.41) is 17.1. The molecule has 84 valence electrons. The highest BCUT2D eigenvalue weighted by Gasteiger charge is 2.34. The van der Waals surface area contributed by atoms with Crippen molar-refractivity contribution in [3.8, 4) is 11.8 Å². The maximum Gasteiger partial charge on any atom is 0.573 e. The predicted molar refractivity (Wildman–Crippen MR) is 42.6 cm³/mol. The fraction of sp³-hybridized carbons (Fsp3) is 0.125. The Labute approximate surface area is 86.7 Å². The number of aromatic carboxylic acids is 1. The van der Waals surface area contributed by atoms with Crippen molar-refractivity contribution in [1.82, 2.24) is 4.98 Å². The number of pyridine rings is 1. The lowest BCUT2D eigenvalue weighted by Crippen LogP contribution is -2.20. The number of alkyl halides is 3. The van der Waals surface area contributed by atoms with Crippen LogP contribution in [-0.2, 0) is 0 Å². The van der Waals surface area contributed by atoms with E-state index in [1.54, 1.807) is 0 Å². The van der Waals surface area contributed by atoms with Crippen molar-refractivity contribution >= 4 is 5.97 Å². The van der Waals surface area contributed by atoms with Crippen LogP contribution >= 0.6 is 0 Å². The molecule has 1 aromatic rings. The fourth-order valence-corrected chi connectivity index (χ4v) is 0.915. The van der Waals surface area contributed by atoms with Crippen LogP contribution in [-0.4, -0.2) is 22.4 Å². The minimum absolute atomic E-state index is 0.739. The topological polar surface area (TPSA) is 83.2 Å². The Morgan fingerprint density at radius 1 is 1.56 bits per heavy atom. The molecular weight excluding hydrogens is 229 g/mol. The molecule has 1 rings (SSSR count). The third kappa shape index (κ3) is 2.60. The molecule has 0 spiro atoms. The summed E-state index contributed by atoms with van der Waals surface area (Å²) >= 11 is 0. The van der Waals surface area contributed by atoms with Crippen molar-refractivity contribution in [2.75, 3.05) is 0 Å². The molecule has 0 saturated heterocycles. The van der Waals surface area contributed by atoms with Crippen molar-refractivity contribution in [1.29, 1.82) is 5.26 Å². The van der Waals surface area contributed by atoms with Gasteiger partial charge in [0.2, 0.25) is 0 Å². The molecule has 0 saturated carbocycles. The van der Waals surface area contributed by atoms with Gasteiger partial charge in [0, 0.05) is 6.20 Å². The Kier molecular flexibility index (Phi) is 2.99. The third-order valence-electron chi connectivity index (χ3n) is 1.46. The lowest BCUT2D eigenvalue weighted by atomic mass is 10.2. The maximum absolute atomic E-state index is 11.9. The first-order chi connectivity index (χ1) is 7.35. The van der Waals surface area contributed by atoms with Gasteiger partial charge in [-0.15, -0.1) is 13.2 Å². The summed E-state index contributed by atoms with van der Waals surface area (Å²) in [6, 6.07) is 2.12. The first-order valence-corrected chi connectivity index (χ1v) is 3.73. The quantitative estimate of drug-likeness (QED) is 0.836. The van der Waals surface area contributed by atoms with Crippen LogP contribution in [0.5, 0.6) is 5.75 Å². The van der Waals surface area contributed by atoms with E-state index >= 15 is 0 Å². The van der Waals surface area contributed by atoms with Gasteiger partial charge in [-0.3, -0.25) is 0 Å². The summed E-state index contributed by atoms with van der Waals surface area (Å²) < 4.78 is 39.3. The summed E-state index contributed by atoms with van der Waals surface area (Å²) in [6.07, 6.45) is -4.18. The molecule has 5 nitrogen and oxygen atoms in total. The summed E-state index contributed by atoms with van der Waals surface area (Å²) in [5.41, 5.74) is -1.51. The average molecular weight is 232 g/mol. The maximum atomic E-state index is 11.9. The standard InChI is InChI=1S/C8H3F3N2O3/c9-8(10,11)16-6-4(7(14)15)1-2-13-5(6)3-12/h1-2H,(H,14,15). The van der Waals surface area contributed by atoms with Crippen molar-refractivity contribution in [2.45, 2.75) is 6.36 Å². The van der Waals surface area contributed by atoms with E-state index in [0.717, 1.165) is 12.3 Å². The van der Waals surface area contributed by atoms with E-state index in [4.69, 9.17) is 10.4 Å². The second-order valence-electron chi connectivity index (χ2n) is 2.50. The van der Waals surface area contributed by atoms with Crippen LogP contribution < -0.4 is 4.74 Å².